The second-order valence-electron chi connectivity index (χ2n) is 6.89. The van der Waals surface area contributed by atoms with Gasteiger partial charge in [0.2, 0.25) is 0 Å². The van der Waals surface area contributed by atoms with Gasteiger partial charge in [-0.1, -0.05) is 136 Å². The third kappa shape index (κ3) is 5.94. The molecule has 0 aromatic heterocycles. The van der Waals surface area contributed by atoms with Crippen molar-refractivity contribution >= 4 is 0 Å². The van der Waals surface area contributed by atoms with Crippen LogP contribution in [0.4, 0.5) is 0 Å². The van der Waals surface area contributed by atoms with E-state index in [1.807, 2.05) is 27.7 Å². The summed E-state index contributed by atoms with van der Waals surface area (Å²) in [5.41, 5.74) is 10.1. The molecule has 0 saturated heterocycles. The minimum atomic E-state index is 1.25. The third-order valence-corrected chi connectivity index (χ3v) is 4.81. The van der Waals surface area contributed by atoms with E-state index in [1.54, 1.807) is 0 Å². The highest BCUT2D eigenvalue weighted by atomic mass is 14.1. The van der Waals surface area contributed by atoms with E-state index in [-0.39, 0.29) is 0 Å². The molecule has 4 aromatic rings. The molecule has 0 heteroatoms. The highest BCUT2D eigenvalue weighted by Crippen LogP contribution is 2.28. The maximum absolute atomic E-state index is 2.23. The van der Waals surface area contributed by atoms with E-state index in [2.05, 4.69) is 111 Å². The van der Waals surface area contributed by atoms with E-state index < -0.39 is 0 Å². The summed E-state index contributed by atoms with van der Waals surface area (Å²) < 4.78 is 0. The first-order chi connectivity index (χ1) is 14.7. The molecule has 0 saturated carbocycles. The first kappa shape index (κ1) is 23.2. The van der Waals surface area contributed by atoms with Crippen LogP contribution >= 0.6 is 0 Å². The van der Waals surface area contributed by atoms with Crippen molar-refractivity contribution < 1.29 is 0 Å². The van der Waals surface area contributed by atoms with Crippen molar-refractivity contribution in [3.63, 3.8) is 0 Å². The fourth-order valence-electron chi connectivity index (χ4n) is 3.36. The van der Waals surface area contributed by atoms with Crippen molar-refractivity contribution in [3.8, 4) is 33.4 Å². The average Bonchev–Trinajstić information content (AvgIpc) is 2.82. The van der Waals surface area contributed by atoms with Crippen molar-refractivity contribution in [2.45, 2.75) is 41.5 Å². The Morgan fingerprint density at radius 3 is 0.867 bits per heavy atom. The Bertz CT molecular complexity index is 935. The van der Waals surface area contributed by atoms with Crippen LogP contribution in [0.3, 0.4) is 0 Å². The van der Waals surface area contributed by atoms with Crippen LogP contribution in [0.1, 0.15) is 38.8 Å². The summed E-state index contributed by atoms with van der Waals surface area (Å²) in [6.45, 7) is 12.3. The zero-order chi connectivity index (χ0) is 21.9. The maximum Gasteiger partial charge on any atom is -0.0181 e. The van der Waals surface area contributed by atoms with Crippen molar-refractivity contribution in [3.05, 3.63) is 108 Å². The molecule has 0 aliphatic carbocycles. The molecule has 154 valence electrons. The Morgan fingerprint density at radius 1 is 0.333 bits per heavy atom. The summed E-state index contributed by atoms with van der Waals surface area (Å²) in [7, 11) is 0. The summed E-state index contributed by atoms with van der Waals surface area (Å²) in [5.74, 6) is 0. The number of hydrogen-bond donors (Lipinski definition) is 0. The summed E-state index contributed by atoms with van der Waals surface area (Å²) in [6.07, 6.45) is 0. The Morgan fingerprint density at radius 2 is 0.600 bits per heavy atom. The van der Waals surface area contributed by atoms with E-state index in [0.717, 1.165) is 0 Å². The van der Waals surface area contributed by atoms with Crippen molar-refractivity contribution in [2.75, 3.05) is 0 Å². The first-order valence-electron chi connectivity index (χ1n) is 11.0. The molecule has 0 aliphatic heterocycles. The largest absolute Gasteiger partial charge is 0.0683 e. The van der Waals surface area contributed by atoms with Gasteiger partial charge in [-0.25, -0.2) is 0 Å². The lowest BCUT2D eigenvalue weighted by molar-refractivity contribution is 1.46. The second kappa shape index (κ2) is 11.8. The normalized spacial score (nSPS) is 9.67. The zero-order valence-electron chi connectivity index (χ0n) is 19.2. The summed E-state index contributed by atoms with van der Waals surface area (Å²) in [5, 5.41) is 0. The molecule has 0 amide bonds. The number of rotatable bonds is 3. The van der Waals surface area contributed by atoms with Crippen LogP contribution in [0, 0.1) is 13.8 Å². The molecule has 4 rings (SSSR count). The fourth-order valence-corrected chi connectivity index (χ4v) is 3.36. The van der Waals surface area contributed by atoms with Crippen LogP contribution in [-0.4, -0.2) is 0 Å². The zero-order valence-corrected chi connectivity index (χ0v) is 19.2. The molecule has 4 aromatic carbocycles. The predicted molar refractivity (Wildman–Crippen MR) is 135 cm³/mol. The van der Waals surface area contributed by atoms with Gasteiger partial charge in [0.25, 0.3) is 0 Å². The van der Waals surface area contributed by atoms with E-state index in [0.29, 0.717) is 0 Å². The van der Waals surface area contributed by atoms with Crippen molar-refractivity contribution in [1.82, 2.24) is 0 Å². The standard InChI is InChI=1S/C26H22.2C2H6/c1-19-5-3-7-25(17-19)23-13-9-21(10-14-23)22-11-15-24(16-12-22)26-8-4-6-20(2)18-26;2*1-2/h3-18H,1-2H3;2*1-2H3. The molecule has 0 bridgehead atoms. The van der Waals surface area contributed by atoms with Crippen LogP contribution < -0.4 is 0 Å². The van der Waals surface area contributed by atoms with Crippen LogP contribution in [0.2, 0.25) is 0 Å². The molecular weight excluding hydrogens is 360 g/mol. The number of benzene rings is 4. The smallest absolute Gasteiger partial charge is 0.0181 e. The van der Waals surface area contributed by atoms with Gasteiger partial charge in [-0.15, -0.1) is 0 Å². The molecule has 0 radical (unpaired) electrons. The lowest BCUT2D eigenvalue weighted by Crippen LogP contribution is -1.83. The van der Waals surface area contributed by atoms with Gasteiger partial charge in [0.1, 0.15) is 0 Å². The van der Waals surface area contributed by atoms with E-state index in [4.69, 9.17) is 0 Å². The van der Waals surface area contributed by atoms with Gasteiger partial charge in [-0.3, -0.25) is 0 Å². The number of hydrogen-bond acceptors (Lipinski definition) is 0. The molecule has 0 spiro atoms. The molecule has 0 N–H and O–H groups in total. The van der Waals surface area contributed by atoms with Crippen molar-refractivity contribution in [2.24, 2.45) is 0 Å². The van der Waals surface area contributed by atoms with Crippen LogP contribution in [0.5, 0.6) is 0 Å². The Kier molecular flexibility index (Phi) is 9.09. The van der Waals surface area contributed by atoms with Gasteiger partial charge in [-0.05, 0) is 47.2 Å². The van der Waals surface area contributed by atoms with Crippen LogP contribution in [0.15, 0.2) is 97.1 Å². The quantitative estimate of drug-likeness (QED) is 0.324. The predicted octanol–water partition coefficient (Wildman–Crippen LogP) is 9.36. The highest BCUT2D eigenvalue weighted by Gasteiger charge is 2.02. The molecular formula is C30H34. The molecule has 0 aliphatic rings. The first-order valence-corrected chi connectivity index (χ1v) is 11.0. The van der Waals surface area contributed by atoms with E-state index in [1.165, 1.54) is 44.5 Å². The Hall–Kier alpha value is -3.12. The van der Waals surface area contributed by atoms with E-state index in [9.17, 15) is 0 Å². The molecule has 0 atom stereocenters. The van der Waals surface area contributed by atoms with Crippen LogP contribution in [0.25, 0.3) is 33.4 Å². The minimum absolute atomic E-state index is 1.25. The Labute approximate surface area is 183 Å². The topological polar surface area (TPSA) is 0 Å². The van der Waals surface area contributed by atoms with Gasteiger partial charge >= 0.3 is 0 Å². The van der Waals surface area contributed by atoms with Gasteiger partial charge in [0.05, 0.1) is 0 Å². The summed E-state index contributed by atoms with van der Waals surface area (Å²) in [6, 6.07) is 34.9. The summed E-state index contributed by atoms with van der Waals surface area (Å²) in [4.78, 5) is 0. The van der Waals surface area contributed by atoms with E-state index >= 15 is 0 Å². The maximum atomic E-state index is 2.23. The average molecular weight is 395 g/mol. The number of aryl methyl sites for hydroxylation is 2. The molecule has 0 fully saturated rings. The SMILES string of the molecule is CC.CC.Cc1cccc(-c2ccc(-c3ccc(-c4cccc(C)c4)cc3)cc2)c1. The second-order valence-corrected chi connectivity index (χ2v) is 6.89. The third-order valence-electron chi connectivity index (χ3n) is 4.81. The minimum Gasteiger partial charge on any atom is -0.0683 e. The molecule has 0 heterocycles. The van der Waals surface area contributed by atoms with Gasteiger partial charge in [0.15, 0.2) is 0 Å². The molecule has 30 heavy (non-hydrogen) atoms. The molecule has 0 nitrogen and oxygen atoms in total. The lowest BCUT2D eigenvalue weighted by Gasteiger charge is -2.08. The van der Waals surface area contributed by atoms with Gasteiger partial charge in [0, 0.05) is 0 Å². The van der Waals surface area contributed by atoms with Gasteiger partial charge in [-0.2, -0.15) is 0 Å². The molecule has 0 unspecified atom stereocenters. The van der Waals surface area contributed by atoms with Crippen LogP contribution in [-0.2, 0) is 0 Å². The fraction of sp³-hybridized carbons (Fsp3) is 0.200. The highest BCUT2D eigenvalue weighted by molar-refractivity contribution is 5.73. The lowest BCUT2D eigenvalue weighted by atomic mass is 9.97. The van der Waals surface area contributed by atoms with Crippen molar-refractivity contribution in [1.29, 1.82) is 0 Å². The Balaban J connectivity index is 0.000000757. The van der Waals surface area contributed by atoms with Gasteiger partial charge < -0.3 is 0 Å². The monoisotopic (exact) mass is 394 g/mol. The summed E-state index contributed by atoms with van der Waals surface area (Å²) >= 11 is 0.